The third-order valence-electron chi connectivity index (χ3n) is 14.0. The fraction of sp³-hybridized carbons (Fsp3) is 0.578. The summed E-state index contributed by atoms with van der Waals surface area (Å²) >= 11 is 1.67. The van der Waals surface area contributed by atoms with E-state index in [2.05, 4.69) is 67.1 Å². The summed E-state index contributed by atoms with van der Waals surface area (Å²) in [6, 6.07) is 21.4. The molecular weight excluding hydrogens is 941 g/mol. The van der Waals surface area contributed by atoms with Crippen molar-refractivity contribution < 1.29 is 33.3 Å². The molecule has 1 fully saturated rings. The van der Waals surface area contributed by atoms with Gasteiger partial charge < -0.3 is 18.9 Å². The van der Waals surface area contributed by atoms with Crippen LogP contribution in [0, 0.1) is 0 Å². The zero-order chi connectivity index (χ0) is 52.3. The molecule has 9 nitrogen and oxygen atoms in total. The van der Waals surface area contributed by atoms with Gasteiger partial charge in [0, 0.05) is 10.4 Å². The number of imide groups is 2. The van der Waals surface area contributed by atoms with E-state index < -0.39 is 17.8 Å². The number of amides is 4. The van der Waals surface area contributed by atoms with Crippen LogP contribution in [0.25, 0.3) is 27.6 Å². The molecule has 4 amide bonds. The van der Waals surface area contributed by atoms with Gasteiger partial charge in [-0.2, -0.15) is 0 Å². The average Bonchev–Trinajstić information content (AvgIpc) is 3.90. The first-order valence-corrected chi connectivity index (χ1v) is 30.1. The summed E-state index contributed by atoms with van der Waals surface area (Å²) < 4.78 is 26.5. The number of hydrogen-bond donors (Lipinski definition) is 2. The molecule has 1 aromatic heterocycles. The lowest BCUT2D eigenvalue weighted by Gasteiger charge is -2.19. The molecule has 0 aliphatic carbocycles. The summed E-state index contributed by atoms with van der Waals surface area (Å²) in [5.41, 5.74) is 4.70. The maximum absolute atomic E-state index is 12.3. The lowest BCUT2D eigenvalue weighted by atomic mass is 10.0. The molecule has 5 rings (SSSR count). The molecule has 0 unspecified atom stereocenters. The number of carbonyl (C=O) groups excluding carboxylic acids is 3. The highest BCUT2D eigenvalue weighted by Crippen LogP contribution is 2.41. The number of hydrogen-bond acceptors (Lipinski definition) is 8. The van der Waals surface area contributed by atoms with E-state index in [1.54, 1.807) is 11.3 Å². The van der Waals surface area contributed by atoms with E-state index in [0.717, 1.165) is 82.2 Å². The number of urea groups is 1. The molecule has 0 radical (unpaired) electrons. The molecule has 1 aliphatic heterocycles. The van der Waals surface area contributed by atoms with Crippen LogP contribution in [-0.4, -0.2) is 37.7 Å². The molecule has 2 N–H and O–H groups in total. The SMILES string of the molecule is CCCCCCCCCCCCOc1cc(COc2ccc(-c3sccc3-c3ccc(C=C4C(=O)NC(=O)NC4=O)cc3)cc2)cc(OCCCCCCCCCCCC)c1OCCCCCCCCCCCC. The lowest BCUT2D eigenvalue weighted by Crippen LogP contribution is -2.51. The molecule has 0 saturated carbocycles. The van der Waals surface area contributed by atoms with Gasteiger partial charge in [-0.3, -0.25) is 20.2 Å². The van der Waals surface area contributed by atoms with Gasteiger partial charge in [0.1, 0.15) is 17.9 Å². The normalized spacial score (nSPS) is 12.5. The minimum absolute atomic E-state index is 0.113. The number of benzene rings is 3. The molecule has 0 spiro atoms. The standard InChI is InChI=1S/C64H92N2O7S/c1-4-7-10-13-16-19-22-25-28-31-43-70-58-48-52(49-59(71-44-32-29-26-23-20-17-14-11-8-5-2)60(58)72-45-33-30-27-24-21-18-15-12-9-6-3)50-73-55-40-38-54(39-41-55)61-56(42-46-74-61)53-36-34-51(35-37-53)47-57-62(67)65-64(69)66-63(57)68/h34-42,46-49H,4-33,43-45,50H2,1-3H3,(H2,65,66,67,68,69). The highest BCUT2D eigenvalue weighted by molar-refractivity contribution is 7.14. The van der Waals surface area contributed by atoms with E-state index >= 15 is 0 Å². The van der Waals surface area contributed by atoms with Crippen molar-refractivity contribution >= 4 is 35.3 Å². The van der Waals surface area contributed by atoms with Gasteiger partial charge in [-0.15, -0.1) is 11.3 Å². The largest absolute Gasteiger partial charge is 0.490 e. The molecule has 406 valence electrons. The van der Waals surface area contributed by atoms with E-state index in [9.17, 15) is 14.4 Å². The zero-order valence-corrected chi connectivity index (χ0v) is 46.6. The Morgan fingerprint density at radius 2 is 0.851 bits per heavy atom. The van der Waals surface area contributed by atoms with Crippen molar-refractivity contribution in [2.24, 2.45) is 0 Å². The minimum Gasteiger partial charge on any atom is -0.490 e. The van der Waals surface area contributed by atoms with Crippen LogP contribution in [0.2, 0.25) is 0 Å². The molecule has 4 aromatic rings. The van der Waals surface area contributed by atoms with Crippen LogP contribution in [-0.2, 0) is 16.2 Å². The van der Waals surface area contributed by atoms with Crippen LogP contribution >= 0.6 is 11.3 Å². The Balaban J connectivity index is 1.24. The topological polar surface area (TPSA) is 112 Å². The Morgan fingerprint density at radius 1 is 0.446 bits per heavy atom. The number of thiophene rings is 1. The Morgan fingerprint density at radius 3 is 1.30 bits per heavy atom. The fourth-order valence-electron chi connectivity index (χ4n) is 9.54. The summed E-state index contributed by atoms with van der Waals surface area (Å²) in [6.45, 7) is 9.12. The third-order valence-corrected chi connectivity index (χ3v) is 15.0. The Bertz CT molecular complexity index is 2150. The Labute approximate surface area is 450 Å². The van der Waals surface area contributed by atoms with Crippen LogP contribution in [0.15, 0.2) is 77.7 Å². The van der Waals surface area contributed by atoms with Gasteiger partial charge in [0.15, 0.2) is 11.5 Å². The van der Waals surface area contributed by atoms with Crippen molar-refractivity contribution in [2.75, 3.05) is 19.8 Å². The lowest BCUT2D eigenvalue weighted by molar-refractivity contribution is -0.123. The Hall–Kier alpha value is -5.09. The van der Waals surface area contributed by atoms with Crippen LogP contribution in [0.3, 0.4) is 0 Å². The van der Waals surface area contributed by atoms with Crippen LogP contribution < -0.4 is 29.6 Å². The zero-order valence-electron chi connectivity index (χ0n) is 45.8. The van der Waals surface area contributed by atoms with Crippen molar-refractivity contribution in [3.05, 3.63) is 88.8 Å². The van der Waals surface area contributed by atoms with E-state index in [4.69, 9.17) is 18.9 Å². The van der Waals surface area contributed by atoms with E-state index in [0.29, 0.717) is 32.0 Å². The number of carbonyl (C=O) groups is 3. The van der Waals surface area contributed by atoms with E-state index in [-0.39, 0.29) is 5.57 Å². The first-order chi connectivity index (χ1) is 36.4. The fourth-order valence-corrected chi connectivity index (χ4v) is 10.5. The summed E-state index contributed by atoms with van der Waals surface area (Å²) in [7, 11) is 0. The molecule has 1 saturated heterocycles. The van der Waals surface area contributed by atoms with Gasteiger partial charge in [0.05, 0.1) is 19.8 Å². The molecule has 1 aliphatic rings. The van der Waals surface area contributed by atoms with Crippen LogP contribution in [0.1, 0.15) is 225 Å². The first kappa shape index (κ1) is 59.8. The summed E-state index contributed by atoms with van der Waals surface area (Å²) in [5, 5.41) is 6.32. The predicted octanol–water partition coefficient (Wildman–Crippen LogP) is 18.3. The van der Waals surface area contributed by atoms with Gasteiger partial charge in [0.2, 0.25) is 5.75 Å². The van der Waals surface area contributed by atoms with Crippen molar-refractivity contribution in [2.45, 2.75) is 220 Å². The molecule has 10 heteroatoms. The van der Waals surface area contributed by atoms with Gasteiger partial charge in [-0.05, 0) is 95.4 Å². The minimum atomic E-state index is -0.815. The third kappa shape index (κ3) is 22.8. The van der Waals surface area contributed by atoms with Crippen molar-refractivity contribution in [1.82, 2.24) is 10.6 Å². The smallest absolute Gasteiger partial charge is 0.328 e. The molecule has 0 atom stereocenters. The summed E-state index contributed by atoms with van der Waals surface area (Å²) in [5.74, 6) is 1.57. The quantitative estimate of drug-likeness (QED) is 0.0258. The van der Waals surface area contributed by atoms with Crippen LogP contribution in [0.5, 0.6) is 23.0 Å². The van der Waals surface area contributed by atoms with Gasteiger partial charge in [0.25, 0.3) is 11.8 Å². The highest BCUT2D eigenvalue weighted by atomic mass is 32.1. The van der Waals surface area contributed by atoms with E-state index in [1.165, 1.54) is 167 Å². The Kier molecular flexibility index (Phi) is 29.7. The van der Waals surface area contributed by atoms with Gasteiger partial charge >= 0.3 is 6.03 Å². The summed E-state index contributed by atoms with van der Waals surface area (Å²) in [4.78, 5) is 37.1. The molecular formula is C64H92N2O7S. The second-order valence-electron chi connectivity index (χ2n) is 20.4. The molecule has 3 aromatic carbocycles. The molecule has 0 bridgehead atoms. The maximum atomic E-state index is 12.3. The van der Waals surface area contributed by atoms with Crippen molar-refractivity contribution in [3.63, 3.8) is 0 Å². The van der Waals surface area contributed by atoms with Crippen LogP contribution in [0.4, 0.5) is 4.79 Å². The van der Waals surface area contributed by atoms with Crippen molar-refractivity contribution in [1.29, 1.82) is 0 Å². The number of unbranched alkanes of at least 4 members (excludes halogenated alkanes) is 27. The number of barbiturate groups is 1. The predicted molar refractivity (Wildman–Crippen MR) is 308 cm³/mol. The second-order valence-corrected chi connectivity index (χ2v) is 21.3. The van der Waals surface area contributed by atoms with Crippen molar-refractivity contribution in [3.8, 4) is 44.6 Å². The van der Waals surface area contributed by atoms with Gasteiger partial charge in [-0.1, -0.05) is 218 Å². The molecule has 2 heterocycles. The number of rotatable bonds is 42. The average molecular weight is 1030 g/mol. The maximum Gasteiger partial charge on any atom is 0.328 e. The highest BCUT2D eigenvalue weighted by Gasteiger charge is 2.27. The number of ether oxygens (including phenoxy) is 4. The monoisotopic (exact) mass is 1030 g/mol. The second kappa shape index (κ2) is 36.8. The van der Waals surface area contributed by atoms with Gasteiger partial charge in [-0.25, -0.2) is 4.79 Å². The summed E-state index contributed by atoms with van der Waals surface area (Å²) in [6.07, 6.45) is 39.8. The van der Waals surface area contributed by atoms with E-state index in [1.807, 2.05) is 36.4 Å². The number of nitrogens with one attached hydrogen (secondary N) is 2. The molecule has 74 heavy (non-hydrogen) atoms. The first-order valence-electron chi connectivity index (χ1n) is 29.2.